The van der Waals surface area contributed by atoms with Gasteiger partial charge in [0.05, 0.1) is 36.7 Å². The van der Waals surface area contributed by atoms with E-state index in [0.29, 0.717) is 5.56 Å². The molecule has 1 aromatic carbocycles. The van der Waals surface area contributed by atoms with E-state index in [1.54, 1.807) is 42.2 Å². The van der Waals surface area contributed by atoms with Crippen LogP contribution in [-0.4, -0.2) is 84.7 Å². The number of carbonyl (C=O) groups excluding carboxylic acids is 2. The van der Waals surface area contributed by atoms with Gasteiger partial charge in [-0.05, 0) is 31.2 Å². The Morgan fingerprint density at radius 3 is 2.62 bits per heavy atom. The molecule has 0 bridgehead atoms. The molecule has 0 saturated heterocycles. The number of aromatic nitrogens is 1. The molecule has 11 heteroatoms. The summed E-state index contributed by atoms with van der Waals surface area (Å²) in [5, 5.41) is 12.5. The van der Waals surface area contributed by atoms with E-state index in [-0.39, 0.29) is 48.5 Å². The average Bonchev–Trinajstić information content (AvgIpc) is 2.81. The van der Waals surface area contributed by atoms with Crippen LogP contribution in [0, 0.1) is 5.92 Å². The Hall–Kier alpha value is -3.02. The molecule has 2 heterocycles. The molecule has 184 valence electrons. The molecule has 0 saturated carbocycles. The van der Waals surface area contributed by atoms with Crippen molar-refractivity contribution in [2.45, 2.75) is 26.0 Å². The zero-order chi connectivity index (χ0) is 25.0. The number of anilines is 1. The van der Waals surface area contributed by atoms with E-state index in [2.05, 4.69) is 10.3 Å². The van der Waals surface area contributed by atoms with Crippen molar-refractivity contribution >= 4 is 27.5 Å². The number of para-hydroxylation sites is 1. The fourth-order valence-electron chi connectivity index (χ4n) is 3.65. The Morgan fingerprint density at radius 2 is 2.00 bits per heavy atom. The second-order valence-corrected chi connectivity index (χ2v) is 10.6. The van der Waals surface area contributed by atoms with Gasteiger partial charge in [-0.25, -0.2) is 12.7 Å². The molecule has 1 aromatic heterocycles. The van der Waals surface area contributed by atoms with Crippen molar-refractivity contribution in [2.75, 3.05) is 38.3 Å². The summed E-state index contributed by atoms with van der Waals surface area (Å²) in [5.41, 5.74) is 0.874. The number of hydrogen-bond acceptors (Lipinski definition) is 7. The van der Waals surface area contributed by atoms with E-state index in [9.17, 15) is 23.1 Å². The molecule has 1 aliphatic heterocycles. The first kappa shape index (κ1) is 25.6. The summed E-state index contributed by atoms with van der Waals surface area (Å²) >= 11 is 0. The maximum atomic E-state index is 13.4. The minimum absolute atomic E-state index is 0.0433. The number of nitrogens with one attached hydrogen (secondary N) is 1. The molecule has 2 amide bonds. The molecule has 34 heavy (non-hydrogen) atoms. The summed E-state index contributed by atoms with van der Waals surface area (Å²) in [6.45, 7) is 3.66. The number of benzene rings is 1. The van der Waals surface area contributed by atoms with Gasteiger partial charge >= 0.3 is 0 Å². The Bertz CT molecular complexity index is 1140. The van der Waals surface area contributed by atoms with E-state index in [4.69, 9.17) is 4.74 Å². The van der Waals surface area contributed by atoms with Crippen LogP contribution < -0.4 is 10.1 Å². The topological polar surface area (TPSA) is 129 Å². The number of sulfonamides is 1. The first-order chi connectivity index (χ1) is 16.0. The van der Waals surface area contributed by atoms with E-state index in [1.165, 1.54) is 23.7 Å². The quantitative estimate of drug-likeness (QED) is 0.601. The van der Waals surface area contributed by atoms with Gasteiger partial charge in [0.25, 0.3) is 11.8 Å². The van der Waals surface area contributed by atoms with Crippen LogP contribution in [0.1, 0.15) is 34.6 Å². The fourth-order valence-corrected chi connectivity index (χ4v) is 4.06. The van der Waals surface area contributed by atoms with Gasteiger partial charge in [0, 0.05) is 37.5 Å². The van der Waals surface area contributed by atoms with Crippen LogP contribution >= 0.6 is 0 Å². The van der Waals surface area contributed by atoms with Gasteiger partial charge in [0.2, 0.25) is 10.0 Å². The molecule has 10 nitrogen and oxygen atoms in total. The Labute approximate surface area is 199 Å². The lowest BCUT2D eigenvalue weighted by molar-refractivity contribution is 0.0389. The number of likely N-dealkylation sites (N-methyl/N-ethyl adjacent to an activating group) is 1. The maximum absolute atomic E-state index is 13.4. The minimum Gasteiger partial charge on any atom is -0.486 e. The summed E-state index contributed by atoms with van der Waals surface area (Å²) in [7, 11) is -2.02. The lowest BCUT2D eigenvalue weighted by Gasteiger charge is -2.38. The predicted octanol–water partition coefficient (Wildman–Crippen LogP) is 1.45. The van der Waals surface area contributed by atoms with Gasteiger partial charge in [-0.2, -0.15) is 0 Å². The van der Waals surface area contributed by atoms with Crippen LogP contribution in [0.3, 0.4) is 0 Å². The van der Waals surface area contributed by atoms with Crippen LogP contribution in [-0.2, 0) is 10.0 Å². The lowest BCUT2D eigenvalue weighted by Crippen LogP contribution is -2.50. The Kier molecular flexibility index (Phi) is 7.90. The van der Waals surface area contributed by atoms with Crippen LogP contribution in [0.25, 0.3) is 0 Å². The molecule has 0 spiro atoms. The number of aliphatic hydroxyl groups is 1. The molecular weight excluding hydrogens is 460 g/mol. The van der Waals surface area contributed by atoms with Gasteiger partial charge in [0.1, 0.15) is 6.10 Å². The summed E-state index contributed by atoms with van der Waals surface area (Å²) in [5.74, 6) is -0.881. The highest BCUT2D eigenvalue weighted by Crippen LogP contribution is 2.35. The van der Waals surface area contributed by atoms with Crippen LogP contribution in [0.15, 0.2) is 42.7 Å². The van der Waals surface area contributed by atoms with Gasteiger partial charge in [-0.15, -0.1) is 0 Å². The molecule has 1 aliphatic rings. The van der Waals surface area contributed by atoms with Crippen molar-refractivity contribution in [2.24, 2.45) is 5.92 Å². The molecule has 0 unspecified atom stereocenters. The third-order valence-electron chi connectivity index (χ3n) is 5.89. The molecule has 2 aromatic rings. The van der Waals surface area contributed by atoms with Crippen LogP contribution in [0.2, 0.25) is 0 Å². The number of rotatable bonds is 7. The normalized spacial score (nSPS) is 19.6. The van der Waals surface area contributed by atoms with Crippen molar-refractivity contribution < 1.29 is 27.9 Å². The highest BCUT2D eigenvalue weighted by molar-refractivity contribution is 7.88. The van der Waals surface area contributed by atoms with Gasteiger partial charge in [0.15, 0.2) is 5.75 Å². The number of nitrogens with zero attached hydrogens (tertiary/aromatic N) is 3. The largest absolute Gasteiger partial charge is 0.486 e. The monoisotopic (exact) mass is 490 g/mol. The van der Waals surface area contributed by atoms with Gasteiger partial charge in [-0.3, -0.25) is 14.6 Å². The van der Waals surface area contributed by atoms with E-state index in [0.717, 1.165) is 6.26 Å². The van der Waals surface area contributed by atoms with E-state index < -0.39 is 28.1 Å². The highest BCUT2D eigenvalue weighted by atomic mass is 32.2. The molecule has 3 rings (SSSR count). The lowest BCUT2D eigenvalue weighted by atomic mass is 9.99. The zero-order valence-corrected chi connectivity index (χ0v) is 20.4. The summed E-state index contributed by atoms with van der Waals surface area (Å²) in [6, 6.07) is 7.49. The molecule has 2 N–H and O–H groups in total. The first-order valence-corrected chi connectivity index (χ1v) is 12.7. The van der Waals surface area contributed by atoms with Crippen molar-refractivity contribution in [1.82, 2.24) is 14.2 Å². The second kappa shape index (κ2) is 10.5. The Balaban J connectivity index is 2.06. The number of ether oxygens (including phenoxy) is 1. The fraction of sp³-hybridized carbons (Fsp3) is 0.435. The predicted molar refractivity (Wildman–Crippen MR) is 127 cm³/mol. The highest BCUT2D eigenvalue weighted by Gasteiger charge is 2.35. The van der Waals surface area contributed by atoms with Crippen LogP contribution in [0.5, 0.6) is 5.75 Å². The molecule has 0 radical (unpaired) electrons. The smallest absolute Gasteiger partial charge is 0.258 e. The third-order valence-corrected chi connectivity index (χ3v) is 7.17. The summed E-state index contributed by atoms with van der Waals surface area (Å²) < 4.78 is 31.6. The number of carbonyl (C=O) groups is 2. The van der Waals surface area contributed by atoms with E-state index >= 15 is 0 Å². The number of fused-ring (bicyclic) bond motifs is 1. The molecular formula is C23H30N4O6S. The number of hydrogen-bond donors (Lipinski definition) is 2. The second-order valence-electron chi connectivity index (χ2n) is 8.54. The molecule has 0 aliphatic carbocycles. The SMILES string of the molecule is C[C@H](CO)N1C[C@H](C)[C@H](CN(C)S(C)(=O)=O)Oc2c(NC(=O)c3ccncc3)cccc2C1=O. The van der Waals surface area contributed by atoms with Gasteiger partial charge in [-0.1, -0.05) is 13.0 Å². The average molecular weight is 491 g/mol. The standard InChI is InChI=1S/C23H30N4O6S/c1-15-12-27(16(2)14-28)23(30)18-6-5-7-19(25-22(29)17-8-10-24-11-9-17)21(18)33-20(15)13-26(3)34(4,31)32/h5-11,15-16,20,28H,12-14H2,1-4H3,(H,25,29)/t15-,16+,20-/m0/s1. The number of aliphatic hydroxyl groups excluding tert-OH is 1. The summed E-state index contributed by atoms with van der Waals surface area (Å²) in [6.07, 6.45) is 3.48. The number of pyridine rings is 1. The zero-order valence-electron chi connectivity index (χ0n) is 19.6. The maximum Gasteiger partial charge on any atom is 0.258 e. The molecule has 3 atom stereocenters. The third kappa shape index (κ3) is 5.72. The minimum atomic E-state index is -3.48. The van der Waals surface area contributed by atoms with Crippen molar-refractivity contribution in [3.8, 4) is 5.75 Å². The van der Waals surface area contributed by atoms with Gasteiger partial charge < -0.3 is 20.1 Å². The Morgan fingerprint density at radius 1 is 1.32 bits per heavy atom. The van der Waals surface area contributed by atoms with Crippen molar-refractivity contribution in [1.29, 1.82) is 0 Å². The number of amides is 2. The van der Waals surface area contributed by atoms with Crippen LogP contribution in [0.4, 0.5) is 5.69 Å². The first-order valence-electron chi connectivity index (χ1n) is 10.9. The van der Waals surface area contributed by atoms with Crippen molar-refractivity contribution in [3.05, 3.63) is 53.9 Å². The molecule has 0 fully saturated rings. The summed E-state index contributed by atoms with van der Waals surface area (Å²) in [4.78, 5) is 31.7. The van der Waals surface area contributed by atoms with Crippen molar-refractivity contribution in [3.63, 3.8) is 0 Å². The van der Waals surface area contributed by atoms with E-state index in [1.807, 2.05) is 6.92 Å².